The molecule has 1 aliphatic heterocycles. The van der Waals surface area contributed by atoms with Gasteiger partial charge >= 0.3 is 5.97 Å². The molecule has 0 saturated heterocycles. The van der Waals surface area contributed by atoms with E-state index < -0.39 is 5.97 Å². The van der Waals surface area contributed by atoms with Gasteiger partial charge in [0, 0.05) is 6.07 Å². The average molecular weight is 281 g/mol. The molecule has 0 aliphatic carbocycles. The van der Waals surface area contributed by atoms with E-state index in [0.717, 1.165) is 5.39 Å². The van der Waals surface area contributed by atoms with E-state index in [-0.39, 0.29) is 12.2 Å². The van der Waals surface area contributed by atoms with Crippen LogP contribution in [0.5, 0.6) is 17.2 Å². The Balaban J connectivity index is 2.32. The summed E-state index contributed by atoms with van der Waals surface area (Å²) in [6, 6.07) is 2.99. The summed E-state index contributed by atoms with van der Waals surface area (Å²) in [6.07, 6.45) is 1.58. The van der Waals surface area contributed by atoms with E-state index in [1.807, 2.05) is 0 Å². The van der Waals surface area contributed by atoms with Crippen LogP contribution in [0, 0.1) is 0 Å². The third-order valence-corrected chi connectivity index (χ3v) is 2.37. The molecule has 0 fully saturated rings. The normalized spacial score (nSPS) is 13.1. The first kappa shape index (κ1) is 14.2. The highest BCUT2D eigenvalue weighted by molar-refractivity contribution is 5.91. The SMILES string of the molecule is C=CCOc1cc(C(=O)OC)cc2c1ON(OCC)O2. The molecule has 108 valence electrons. The second-order valence-electron chi connectivity index (χ2n) is 3.72. The Kier molecular flexibility index (Phi) is 4.44. The maximum absolute atomic E-state index is 11.6. The van der Waals surface area contributed by atoms with E-state index in [0.29, 0.717) is 23.9 Å². The third-order valence-electron chi connectivity index (χ3n) is 2.37. The highest BCUT2D eigenvalue weighted by atomic mass is 17.2. The molecule has 0 spiro atoms. The van der Waals surface area contributed by atoms with Gasteiger partial charge in [0.25, 0.3) is 0 Å². The topological polar surface area (TPSA) is 66.5 Å². The lowest BCUT2D eigenvalue weighted by molar-refractivity contribution is -0.433. The summed E-state index contributed by atoms with van der Waals surface area (Å²) in [4.78, 5) is 27.3. The second kappa shape index (κ2) is 6.27. The van der Waals surface area contributed by atoms with Crippen LogP contribution in [0.25, 0.3) is 0 Å². The molecule has 1 aromatic rings. The van der Waals surface area contributed by atoms with Gasteiger partial charge in [-0.1, -0.05) is 12.7 Å². The monoisotopic (exact) mass is 281 g/mol. The minimum atomic E-state index is -0.505. The number of hydrogen-bond acceptors (Lipinski definition) is 7. The Morgan fingerprint density at radius 3 is 2.90 bits per heavy atom. The van der Waals surface area contributed by atoms with Crippen LogP contribution in [0.3, 0.4) is 0 Å². The molecule has 0 aromatic heterocycles. The summed E-state index contributed by atoms with van der Waals surface area (Å²) >= 11 is 0. The molecule has 0 unspecified atom stereocenters. The number of hydrogen-bond donors (Lipinski definition) is 0. The molecule has 7 heteroatoms. The number of fused-ring (bicyclic) bond motifs is 1. The van der Waals surface area contributed by atoms with Crippen molar-refractivity contribution in [3.05, 3.63) is 30.4 Å². The second-order valence-corrected chi connectivity index (χ2v) is 3.72. The van der Waals surface area contributed by atoms with E-state index in [1.54, 1.807) is 13.0 Å². The Hall–Kier alpha value is -2.25. The lowest BCUT2D eigenvalue weighted by Gasteiger charge is -2.09. The van der Waals surface area contributed by atoms with Crippen molar-refractivity contribution in [2.45, 2.75) is 6.92 Å². The maximum atomic E-state index is 11.6. The smallest absolute Gasteiger partial charge is 0.338 e. The minimum absolute atomic E-state index is 0.259. The number of ether oxygens (including phenoxy) is 2. The van der Waals surface area contributed by atoms with Crippen molar-refractivity contribution in [2.24, 2.45) is 0 Å². The predicted octanol–water partition coefficient (Wildman–Crippen LogP) is 1.89. The molecule has 1 aromatic carbocycles. The number of methoxy groups -OCH3 is 1. The van der Waals surface area contributed by atoms with Gasteiger partial charge in [-0.15, -0.1) is 0 Å². The van der Waals surface area contributed by atoms with Gasteiger partial charge in [0.2, 0.25) is 11.5 Å². The van der Waals surface area contributed by atoms with Crippen LogP contribution in [0.1, 0.15) is 17.3 Å². The maximum Gasteiger partial charge on any atom is 0.338 e. The van der Waals surface area contributed by atoms with Crippen molar-refractivity contribution in [1.29, 1.82) is 0 Å². The van der Waals surface area contributed by atoms with E-state index in [9.17, 15) is 4.79 Å². The number of esters is 1. The zero-order valence-corrected chi connectivity index (χ0v) is 11.3. The molecule has 20 heavy (non-hydrogen) atoms. The van der Waals surface area contributed by atoms with Crippen LogP contribution in [-0.4, -0.2) is 31.7 Å². The lowest BCUT2D eigenvalue weighted by atomic mass is 10.2. The highest BCUT2D eigenvalue weighted by Crippen LogP contribution is 2.43. The van der Waals surface area contributed by atoms with Crippen LogP contribution in [0.15, 0.2) is 24.8 Å². The van der Waals surface area contributed by atoms with Crippen molar-refractivity contribution >= 4 is 5.97 Å². The number of nitrogens with zero attached hydrogens (tertiary/aromatic N) is 1. The van der Waals surface area contributed by atoms with Gasteiger partial charge in [-0.25, -0.2) is 9.63 Å². The Labute approximate surface area is 116 Å². The number of benzene rings is 1. The van der Waals surface area contributed by atoms with Crippen molar-refractivity contribution < 1.29 is 28.8 Å². The van der Waals surface area contributed by atoms with Crippen molar-refractivity contribution in [3.8, 4) is 17.2 Å². The molecule has 7 nitrogen and oxygen atoms in total. The summed E-state index contributed by atoms with van der Waals surface area (Å²) in [5.74, 6) is 0.466. The van der Waals surface area contributed by atoms with Crippen LogP contribution < -0.4 is 14.4 Å². The van der Waals surface area contributed by atoms with Crippen LogP contribution in [0.4, 0.5) is 0 Å². The molecule has 0 amide bonds. The Morgan fingerprint density at radius 2 is 2.25 bits per heavy atom. The number of carbonyl (C=O) groups is 1. The summed E-state index contributed by atoms with van der Waals surface area (Å²) in [7, 11) is 1.30. The quantitative estimate of drug-likeness (QED) is 0.582. The minimum Gasteiger partial charge on any atom is -0.485 e. The molecular weight excluding hydrogens is 266 g/mol. The summed E-state index contributed by atoms with van der Waals surface area (Å²) in [5, 5.41) is 0.854. The van der Waals surface area contributed by atoms with Gasteiger partial charge in [-0.3, -0.25) is 0 Å². The van der Waals surface area contributed by atoms with Gasteiger partial charge in [0.05, 0.1) is 19.3 Å². The zero-order chi connectivity index (χ0) is 14.5. The fourth-order valence-electron chi connectivity index (χ4n) is 1.56. The Morgan fingerprint density at radius 1 is 1.45 bits per heavy atom. The summed E-state index contributed by atoms with van der Waals surface area (Å²) in [5.41, 5.74) is 0.285. The fourth-order valence-corrected chi connectivity index (χ4v) is 1.56. The standard InChI is InChI=1S/C13H15NO6/c1-4-6-17-10-7-9(13(15)16-3)8-11-12(10)20-14(19-11)18-5-2/h4,7-8H,1,5-6H2,2-3H3. The van der Waals surface area contributed by atoms with E-state index in [4.69, 9.17) is 19.2 Å². The Bertz CT molecular complexity index is 516. The zero-order valence-electron chi connectivity index (χ0n) is 11.3. The summed E-state index contributed by atoms with van der Waals surface area (Å²) < 4.78 is 10.1. The van der Waals surface area contributed by atoms with E-state index in [1.165, 1.54) is 19.2 Å². The van der Waals surface area contributed by atoms with E-state index in [2.05, 4.69) is 11.3 Å². The molecule has 0 N–H and O–H groups in total. The number of carbonyl (C=O) groups excluding carboxylic acids is 1. The molecule has 0 saturated carbocycles. The third kappa shape index (κ3) is 2.84. The first-order valence-corrected chi connectivity index (χ1v) is 5.98. The van der Waals surface area contributed by atoms with Gasteiger partial charge in [0.1, 0.15) is 6.61 Å². The molecular formula is C13H15NO6. The van der Waals surface area contributed by atoms with Gasteiger partial charge in [-0.05, 0) is 13.0 Å². The van der Waals surface area contributed by atoms with Crippen LogP contribution >= 0.6 is 0 Å². The average Bonchev–Trinajstić information content (AvgIpc) is 2.86. The lowest BCUT2D eigenvalue weighted by Crippen LogP contribution is -2.26. The number of rotatable bonds is 6. The van der Waals surface area contributed by atoms with E-state index >= 15 is 0 Å². The van der Waals surface area contributed by atoms with Crippen molar-refractivity contribution in [1.82, 2.24) is 5.39 Å². The van der Waals surface area contributed by atoms with Crippen LogP contribution in [-0.2, 0) is 9.57 Å². The van der Waals surface area contributed by atoms with Gasteiger partial charge < -0.3 is 19.1 Å². The molecule has 0 atom stereocenters. The van der Waals surface area contributed by atoms with Crippen molar-refractivity contribution in [3.63, 3.8) is 0 Å². The first-order valence-electron chi connectivity index (χ1n) is 5.98. The molecule has 1 heterocycles. The fraction of sp³-hybridized carbons (Fsp3) is 0.308. The molecule has 0 radical (unpaired) electrons. The first-order chi connectivity index (χ1) is 9.69. The molecule has 1 aliphatic rings. The summed E-state index contributed by atoms with van der Waals surface area (Å²) in [6.45, 7) is 5.97. The van der Waals surface area contributed by atoms with Gasteiger partial charge in [0.15, 0.2) is 11.1 Å². The van der Waals surface area contributed by atoms with Crippen molar-refractivity contribution in [2.75, 3.05) is 20.3 Å². The predicted molar refractivity (Wildman–Crippen MR) is 68.2 cm³/mol. The van der Waals surface area contributed by atoms with Gasteiger partial charge in [-0.2, -0.15) is 0 Å². The van der Waals surface area contributed by atoms with Crippen LogP contribution in [0.2, 0.25) is 0 Å². The molecule has 2 rings (SSSR count). The highest BCUT2D eigenvalue weighted by Gasteiger charge is 2.30. The molecule has 0 bridgehead atoms. The largest absolute Gasteiger partial charge is 0.485 e.